The minimum Gasteiger partial charge on any atom is -0.478 e. The number of rotatable bonds is 6. The van der Waals surface area contributed by atoms with Gasteiger partial charge in [-0.3, -0.25) is 0 Å². The second-order valence-electron chi connectivity index (χ2n) is 8.95. The largest absolute Gasteiger partial charge is 0.478 e. The van der Waals surface area contributed by atoms with Crippen LogP contribution in [0.4, 0.5) is 0 Å². The molecule has 0 spiro atoms. The van der Waals surface area contributed by atoms with Crippen LogP contribution in [0.15, 0.2) is 36.4 Å². The lowest BCUT2D eigenvalue weighted by atomic mass is 9.60. The smallest absolute Gasteiger partial charge is 0.335 e. The first kappa shape index (κ1) is 22.1. The molecule has 2 aromatic rings. The summed E-state index contributed by atoms with van der Waals surface area (Å²) < 4.78 is 0. The van der Waals surface area contributed by atoms with Gasteiger partial charge in [-0.05, 0) is 73.6 Å². The van der Waals surface area contributed by atoms with Crippen molar-refractivity contribution in [2.75, 3.05) is 0 Å². The lowest BCUT2D eigenvalue weighted by molar-refractivity contribution is 0.0678. The molecule has 0 radical (unpaired) electrons. The molecular weight excluding hydrogens is 376 g/mol. The van der Waals surface area contributed by atoms with Crippen molar-refractivity contribution in [3.05, 3.63) is 69.8 Å². The monoisotopic (exact) mass is 408 g/mol. The zero-order valence-electron chi connectivity index (χ0n) is 18.3. The highest BCUT2D eigenvalue weighted by atomic mass is 16.4. The van der Waals surface area contributed by atoms with Gasteiger partial charge < -0.3 is 10.2 Å². The third-order valence-corrected chi connectivity index (χ3v) is 6.75. The Labute approximate surface area is 179 Å². The molecule has 160 valence electrons. The van der Waals surface area contributed by atoms with Crippen LogP contribution in [-0.4, -0.2) is 22.2 Å². The summed E-state index contributed by atoms with van der Waals surface area (Å²) in [6.07, 6.45) is 4.09. The number of hydrogen-bond acceptors (Lipinski definition) is 2. The molecule has 1 aliphatic rings. The molecule has 0 aromatic heterocycles. The van der Waals surface area contributed by atoms with Gasteiger partial charge in [-0.15, -0.1) is 0 Å². The molecular formula is C26H32O4. The highest BCUT2D eigenvalue weighted by Gasteiger charge is 2.41. The Bertz CT molecular complexity index is 946. The average Bonchev–Trinajstić information content (AvgIpc) is 2.68. The number of carboxylic acids is 2. The zero-order valence-corrected chi connectivity index (χ0v) is 18.3. The molecule has 4 nitrogen and oxygen atoms in total. The molecule has 2 aromatic carbocycles. The van der Waals surface area contributed by atoms with Crippen molar-refractivity contribution in [3.8, 4) is 0 Å². The number of carbonyl (C=O) groups is 2. The van der Waals surface area contributed by atoms with Crippen LogP contribution in [0.5, 0.6) is 0 Å². The molecule has 2 N–H and O–H groups in total. The van der Waals surface area contributed by atoms with Crippen LogP contribution in [0.3, 0.4) is 0 Å². The predicted molar refractivity (Wildman–Crippen MR) is 119 cm³/mol. The summed E-state index contributed by atoms with van der Waals surface area (Å²) in [5.74, 6) is -1.28. The predicted octanol–water partition coefficient (Wildman–Crippen LogP) is 6.41. The van der Waals surface area contributed by atoms with Gasteiger partial charge in [-0.1, -0.05) is 62.1 Å². The molecule has 0 amide bonds. The highest BCUT2D eigenvalue weighted by molar-refractivity contribution is 5.91. The van der Waals surface area contributed by atoms with Crippen molar-refractivity contribution in [2.45, 2.75) is 65.2 Å². The van der Waals surface area contributed by atoms with Crippen LogP contribution in [0.25, 0.3) is 0 Å². The Balaban J connectivity index is 2.27. The number of carboxylic acid groups (broad SMARTS) is 2. The molecule has 4 unspecified atom stereocenters. The fourth-order valence-corrected chi connectivity index (χ4v) is 5.43. The Morgan fingerprint density at radius 3 is 1.83 bits per heavy atom. The quantitative estimate of drug-likeness (QED) is 0.579. The van der Waals surface area contributed by atoms with E-state index in [0.29, 0.717) is 17.0 Å². The standard InChI is InChI=1S/C26H32O4/c1-5-6-18-10-9-17(4)23(21-13-15(2)7-11-19(21)25(27)28)24(18)22-14-16(3)8-12-20(22)26(29)30/h7-8,11-14,17-18,23-24H,5-6,9-10H2,1-4H3,(H,27,28)(H,29,30). The number of benzene rings is 2. The van der Waals surface area contributed by atoms with E-state index < -0.39 is 11.9 Å². The van der Waals surface area contributed by atoms with Gasteiger partial charge in [0, 0.05) is 0 Å². The first-order valence-electron chi connectivity index (χ1n) is 10.9. The van der Waals surface area contributed by atoms with E-state index in [1.807, 2.05) is 38.1 Å². The third-order valence-electron chi connectivity index (χ3n) is 6.75. The van der Waals surface area contributed by atoms with Gasteiger partial charge in [-0.25, -0.2) is 9.59 Å². The van der Waals surface area contributed by atoms with Gasteiger partial charge in [0.25, 0.3) is 0 Å². The lowest BCUT2D eigenvalue weighted by Crippen LogP contribution is -2.32. The number of aryl methyl sites for hydroxylation is 2. The molecule has 0 saturated heterocycles. The van der Waals surface area contributed by atoms with Gasteiger partial charge >= 0.3 is 11.9 Å². The highest BCUT2D eigenvalue weighted by Crippen LogP contribution is 2.53. The van der Waals surface area contributed by atoms with E-state index in [2.05, 4.69) is 13.8 Å². The normalized spacial score (nSPS) is 23.9. The van der Waals surface area contributed by atoms with E-state index in [9.17, 15) is 19.8 Å². The molecule has 0 heterocycles. The second kappa shape index (κ2) is 9.03. The average molecular weight is 409 g/mol. The molecule has 4 atom stereocenters. The Hall–Kier alpha value is -2.62. The minimum atomic E-state index is -0.920. The van der Waals surface area contributed by atoms with Crippen molar-refractivity contribution >= 4 is 11.9 Å². The molecule has 1 fully saturated rings. The summed E-state index contributed by atoms with van der Waals surface area (Å²) in [5, 5.41) is 19.8. The first-order valence-corrected chi connectivity index (χ1v) is 10.9. The fourth-order valence-electron chi connectivity index (χ4n) is 5.43. The Kier molecular flexibility index (Phi) is 6.64. The van der Waals surface area contributed by atoms with Crippen LogP contribution < -0.4 is 0 Å². The van der Waals surface area contributed by atoms with Crippen molar-refractivity contribution in [1.29, 1.82) is 0 Å². The molecule has 4 heteroatoms. The van der Waals surface area contributed by atoms with E-state index in [0.717, 1.165) is 47.9 Å². The van der Waals surface area contributed by atoms with Gasteiger partial charge in [0.05, 0.1) is 11.1 Å². The van der Waals surface area contributed by atoms with Crippen LogP contribution >= 0.6 is 0 Å². The van der Waals surface area contributed by atoms with Crippen molar-refractivity contribution in [2.24, 2.45) is 11.8 Å². The summed E-state index contributed by atoms with van der Waals surface area (Å²) in [5.41, 5.74) is 4.44. The van der Waals surface area contributed by atoms with Crippen molar-refractivity contribution in [3.63, 3.8) is 0 Å². The van der Waals surface area contributed by atoms with E-state index in [-0.39, 0.29) is 17.8 Å². The first-order chi connectivity index (χ1) is 14.2. The van der Waals surface area contributed by atoms with E-state index >= 15 is 0 Å². The maximum Gasteiger partial charge on any atom is 0.335 e. The zero-order chi connectivity index (χ0) is 22.0. The van der Waals surface area contributed by atoms with Gasteiger partial charge in [0.2, 0.25) is 0 Å². The molecule has 1 saturated carbocycles. The van der Waals surface area contributed by atoms with E-state index in [4.69, 9.17) is 0 Å². The Morgan fingerprint density at radius 2 is 1.37 bits per heavy atom. The van der Waals surface area contributed by atoms with Gasteiger partial charge in [0.15, 0.2) is 0 Å². The summed E-state index contributed by atoms with van der Waals surface area (Å²) in [6, 6.07) is 11.1. The Morgan fingerprint density at radius 1 is 0.867 bits per heavy atom. The van der Waals surface area contributed by atoms with Crippen LogP contribution in [0.2, 0.25) is 0 Å². The fraction of sp³-hybridized carbons (Fsp3) is 0.462. The van der Waals surface area contributed by atoms with E-state index in [1.165, 1.54) is 0 Å². The third kappa shape index (κ3) is 4.28. The molecule has 0 bridgehead atoms. The summed E-state index contributed by atoms with van der Waals surface area (Å²) in [6.45, 7) is 8.31. The summed E-state index contributed by atoms with van der Waals surface area (Å²) in [4.78, 5) is 24.2. The van der Waals surface area contributed by atoms with Gasteiger partial charge in [0.1, 0.15) is 0 Å². The number of hydrogen-bond donors (Lipinski definition) is 2. The lowest BCUT2D eigenvalue weighted by Gasteiger charge is -2.44. The number of aromatic carboxylic acids is 2. The van der Waals surface area contributed by atoms with Crippen molar-refractivity contribution < 1.29 is 19.8 Å². The van der Waals surface area contributed by atoms with Crippen LogP contribution in [0, 0.1) is 25.7 Å². The van der Waals surface area contributed by atoms with E-state index in [1.54, 1.807) is 12.1 Å². The topological polar surface area (TPSA) is 74.6 Å². The maximum atomic E-state index is 12.1. The van der Waals surface area contributed by atoms with Crippen molar-refractivity contribution in [1.82, 2.24) is 0 Å². The molecule has 30 heavy (non-hydrogen) atoms. The van der Waals surface area contributed by atoms with Crippen LogP contribution in [0.1, 0.15) is 94.3 Å². The maximum absolute atomic E-state index is 12.1. The summed E-state index contributed by atoms with van der Waals surface area (Å²) in [7, 11) is 0. The van der Waals surface area contributed by atoms with Crippen LogP contribution in [-0.2, 0) is 0 Å². The van der Waals surface area contributed by atoms with Gasteiger partial charge in [-0.2, -0.15) is 0 Å². The molecule has 1 aliphatic carbocycles. The SMILES string of the molecule is CCCC1CCC(C)C(c2cc(C)ccc2C(=O)O)C1c1cc(C)ccc1C(=O)O. The second-order valence-corrected chi connectivity index (χ2v) is 8.95. The molecule has 3 rings (SSSR count). The molecule has 0 aliphatic heterocycles. The minimum absolute atomic E-state index is 0.0143. The summed E-state index contributed by atoms with van der Waals surface area (Å²) >= 11 is 0.